The van der Waals surface area contributed by atoms with Gasteiger partial charge in [-0.2, -0.15) is 0 Å². The van der Waals surface area contributed by atoms with E-state index in [-0.39, 0.29) is 31.7 Å². The van der Waals surface area contributed by atoms with E-state index in [2.05, 4.69) is 16.4 Å². The van der Waals surface area contributed by atoms with Gasteiger partial charge in [-0.3, -0.25) is 4.98 Å². The predicted molar refractivity (Wildman–Crippen MR) is 80.3 cm³/mol. The molecule has 111 valence electrons. The van der Waals surface area contributed by atoms with Gasteiger partial charge in [-0.05, 0) is 51.3 Å². The largest absolute Gasteiger partial charge is 0.300 e. The van der Waals surface area contributed by atoms with E-state index in [1.165, 1.54) is 32.6 Å². The van der Waals surface area contributed by atoms with E-state index >= 15 is 0 Å². The van der Waals surface area contributed by atoms with Crippen LogP contribution in [0.15, 0.2) is 41.9 Å². The minimum absolute atomic E-state index is 0. The quantitative estimate of drug-likeness (QED) is 0.634. The minimum Gasteiger partial charge on any atom is -0.300 e. The number of thiophene rings is 1. The fourth-order valence-electron chi connectivity index (χ4n) is 0.933. The first kappa shape index (κ1) is 21.1. The van der Waals surface area contributed by atoms with E-state index in [0.717, 1.165) is 5.69 Å². The van der Waals surface area contributed by atoms with Gasteiger partial charge in [0, 0.05) is 26.3 Å². The molecule has 20 heavy (non-hydrogen) atoms. The Morgan fingerprint density at radius 1 is 0.950 bits per heavy atom. The molecule has 0 aliphatic heterocycles. The molecule has 0 bridgehead atoms. The fraction of sp³-hybridized carbons (Fsp3) is 0.267. The van der Waals surface area contributed by atoms with Crippen LogP contribution in [-0.2, 0) is 29.7 Å². The number of carbonyl (C=O) groups excluding carboxylic acids is 2. The Balaban J connectivity index is 0. The minimum atomic E-state index is 0. The Labute approximate surface area is 137 Å². The van der Waals surface area contributed by atoms with Gasteiger partial charge in [-0.15, -0.1) is 11.3 Å². The van der Waals surface area contributed by atoms with Gasteiger partial charge in [0.15, 0.2) is 0 Å². The Kier molecular flexibility index (Phi) is 13.6. The van der Waals surface area contributed by atoms with E-state index in [4.69, 9.17) is 0 Å². The second kappa shape index (κ2) is 12.9. The summed E-state index contributed by atoms with van der Waals surface area (Å²) in [7, 11) is 0. The zero-order valence-electron chi connectivity index (χ0n) is 12.0. The molecule has 3 nitrogen and oxygen atoms in total. The molecule has 2 aromatic rings. The second-order valence-corrected chi connectivity index (χ2v) is 4.96. The Bertz CT molecular complexity index is 464. The van der Waals surface area contributed by atoms with Crippen molar-refractivity contribution in [1.82, 2.24) is 4.98 Å². The van der Waals surface area contributed by atoms with E-state index in [0.29, 0.717) is 0 Å². The molecule has 0 N–H and O–H groups in total. The summed E-state index contributed by atoms with van der Waals surface area (Å²) in [4.78, 5) is 24.3. The molecule has 0 saturated heterocycles. The van der Waals surface area contributed by atoms with Gasteiger partial charge in [-0.25, -0.2) is 0 Å². The Hall–Kier alpha value is -1.16. The molecule has 0 aromatic carbocycles. The van der Waals surface area contributed by atoms with E-state index < -0.39 is 0 Å². The second-order valence-electron chi connectivity index (χ2n) is 4.01. The van der Waals surface area contributed by atoms with Crippen molar-refractivity contribution < 1.29 is 29.7 Å². The zero-order chi connectivity index (χ0) is 14.7. The predicted octanol–water partition coefficient (Wildman–Crippen LogP) is 4.00. The van der Waals surface area contributed by atoms with Crippen LogP contribution >= 0.6 is 11.3 Å². The third kappa shape index (κ3) is 13.3. The molecule has 0 atom stereocenters. The summed E-state index contributed by atoms with van der Waals surface area (Å²) in [6.45, 7) is 6.11. The third-order valence-corrected chi connectivity index (χ3v) is 2.33. The molecule has 0 fully saturated rings. The normalized spacial score (nSPS) is 8.00. The molecule has 2 aromatic heterocycles. The van der Waals surface area contributed by atoms with Gasteiger partial charge in [0.1, 0.15) is 11.6 Å². The number of Topliss-reactive ketones (excluding diaryl/α,β-unsaturated/α-hetero) is 2. The third-order valence-electron chi connectivity index (χ3n) is 1.44. The van der Waals surface area contributed by atoms with Crippen molar-refractivity contribution in [2.45, 2.75) is 27.7 Å². The fourth-order valence-corrected chi connectivity index (χ4v) is 1.64. The number of aromatic nitrogens is 1. The van der Waals surface area contributed by atoms with Gasteiger partial charge in [0.2, 0.25) is 0 Å². The molecule has 5 heteroatoms. The summed E-state index contributed by atoms with van der Waals surface area (Å²) >= 11 is 1.71. The van der Waals surface area contributed by atoms with E-state index in [9.17, 15) is 9.59 Å². The van der Waals surface area contributed by atoms with Crippen molar-refractivity contribution in [1.29, 1.82) is 0 Å². The molecule has 0 aliphatic carbocycles. The van der Waals surface area contributed by atoms with E-state index in [1.807, 2.05) is 30.5 Å². The summed E-state index contributed by atoms with van der Waals surface area (Å²) < 4.78 is 0. The van der Waals surface area contributed by atoms with Gasteiger partial charge >= 0.3 is 0 Å². The van der Waals surface area contributed by atoms with Crippen LogP contribution < -0.4 is 0 Å². The summed E-state index contributed by atoms with van der Waals surface area (Å²) in [5.41, 5.74) is 1.06. The van der Waals surface area contributed by atoms with Crippen LogP contribution in [-0.4, -0.2) is 16.6 Å². The number of rotatable bonds is 1. The van der Waals surface area contributed by atoms with Gasteiger partial charge in [0.05, 0.1) is 10.6 Å². The van der Waals surface area contributed by atoms with Crippen LogP contribution in [0, 0.1) is 0 Å². The summed E-state index contributed by atoms with van der Waals surface area (Å²) in [6, 6.07) is 10.1. The number of pyridine rings is 1. The smallest absolute Gasteiger partial charge is 0.126 e. The Morgan fingerprint density at radius 2 is 1.50 bits per heavy atom. The standard InChI is InChI=1S/C9H7NS.2C3H6O.Ir/c1-2-6-10-8(4-1)9-5-3-7-11-9;2*1-3(2)4;/h1-7H;2*1-2H3;. The molecule has 2 heterocycles. The molecular weight excluding hydrogens is 450 g/mol. The average molecular weight is 470 g/mol. The summed E-state index contributed by atoms with van der Waals surface area (Å²) in [6.07, 6.45) is 1.81. The molecule has 2 rings (SSSR count). The van der Waals surface area contributed by atoms with Crippen LogP contribution in [0.3, 0.4) is 0 Å². The molecule has 0 unspecified atom stereocenters. The van der Waals surface area contributed by atoms with Crippen molar-refractivity contribution in [3.8, 4) is 10.6 Å². The molecular formula is C15H19IrNO2S. The van der Waals surface area contributed by atoms with Crippen molar-refractivity contribution in [3.63, 3.8) is 0 Å². The monoisotopic (exact) mass is 470 g/mol. The topological polar surface area (TPSA) is 47.0 Å². The van der Waals surface area contributed by atoms with Crippen LogP contribution in [0.4, 0.5) is 0 Å². The number of hydrogen-bond donors (Lipinski definition) is 0. The van der Waals surface area contributed by atoms with Gasteiger partial charge < -0.3 is 9.59 Å². The van der Waals surface area contributed by atoms with Crippen molar-refractivity contribution >= 4 is 22.9 Å². The van der Waals surface area contributed by atoms with Crippen LogP contribution in [0.25, 0.3) is 10.6 Å². The molecule has 1 radical (unpaired) electrons. The first-order valence-electron chi connectivity index (χ1n) is 5.82. The van der Waals surface area contributed by atoms with Crippen LogP contribution in [0.5, 0.6) is 0 Å². The molecule has 0 aliphatic rings. The maximum absolute atomic E-state index is 9.44. The van der Waals surface area contributed by atoms with Crippen molar-refractivity contribution in [3.05, 3.63) is 41.9 Å². The SMILES string of the molecule is CC(C)=O.CC(C)=O.[Ir].c1ccc(-c2cccs2)nc1. The van der Waals surface area contributed by atoms with Crippen LogP contribution in [0.1, 0.15) is 27.7 Å². The first-order valence-corrected chi connectivity index (χ1v) is 6.70. The molecule has 0 spiro atoms. The Morgan fingerprint density at radius 3 is 1.85 bits per heavy atom. The van der Waals surface area contributed by atoms with Gasteiger partial charge in [0.25, 0.3) is 0 Å². The van der Waals surface area contributed by atoms with E-state index in [1.54, 1.807) is 11.3 Å². The van der Waals surface area contributed by atoms with Gasteiger partial charge in [-0.1, -0.05) is 12.1 Å². The summed E-state index contributed by atoms with van der Waals surface area (Å²) in [5.74, 6) is 0.333. The number of hydrogen-bond acceptors (Lipinski definition) is 4. The maximum atomic E-state index is 9.44. The maximum Gasteiger partial charge on any atom is 0.126 e. The number of nitrogens with zero attached hydrogens (tertiary/aromatic N) is 1. The number of ketones is 2. The average Bonchev–Trinajstić information content (AvgIpc) is 2.82. The molecule has 0 amide bonds. The number of carbonyl (C=O) groups is 2. The van der Waals surface area contributed by atoms with Crippen molar-refractivity contribution in [2.24, 2.45) is 0 Å². The first-order chi connectivity index (χ1) is 8.93. The van der Waals surface area contributed by atoms with Crippen molar-refractivity contribution in [2.75, 3.05) is 0 Å². The summed E-state index contributed by atoms with van der Waals surface area (Å²) in [5, 5.41) is 2.06. The zero-order valence-corrected chi connectivity index (χ0v) is 15.3. The molecule has 0 saturated carbocycles. The van der Waals surface area contributed by atoms with Crippen LogP contribution in [0.2, 0.25) is 0 Å².